The fraction of sp³-hybridized carbons (Fsp3) is 0.571. The average molecular weight is 476 g/mol. The van der Waals surface area contributed by atoms with E-state index in [4.69, 9.17) is 26.0 Å². The second-order valence-electron chi connectivity index (χ2n) is 8.28. The van der Waals surface area contributed by atoms with Crippen molar-refractivity contribution in [3.05, 3.63) is 40.8 Å². The second kappa shape index (κ2) is 10.9. The van der Waals surface area contributed by atoms with E-state index < -0.39 is 25.7 Å². The van der Waals surface area contributed by atoms with Gasteiger partial charge in [0.15, 0.2) is 11.8 Å². The molecule has 1 fully saturated rings. The van der Waals surface area contributed by atoms with E-state index in [-0.39, 0.29) is 50.9 Å². The number of piperazine rings is 1. The Hall–Kier alpha value is -1.49. The predicted octanol–water partition coefficient (Wildman–Crippen LogP) is 3.59. The maximum Gasteiger partial charge on any atom is 0.535 e. The molecule has 2 rings (SSSR count). The van der Waals surface area contributed by atoms with Crippen molar-refractivity contribution < 1.29 is 31.4 Å². The minimum absolute atomic E-state index is 0.0878. The molecule has 1 amide bonds. The number of halogens is 1. The van der Waals surface area contributed by atoms with E-state index in [1.54, 1.807) is 26.8 Å². The zero-order chi connectivity index (χ0) is 23.1. The molecule has 1 heterocycles. The van der Waals surface area contributed by atoms with Crippen LogP contribution >= 0.6 is 11.8 Å². The zero-order valence-electron chi connectivity index (χ0n) is 18.5. The third kappa shape index (κ3) is 7.55. The molecular weight excluding hydrogens is 444 g/mol. The van der Waals surface area contributed by atoms with Gasteiger partial charge in [0.2, 0.25) is 10.0 Å². The van der Waals surface area contributed by atoms with Gasteiger partial charge in [0.25, 0.3) is 0 Å². The number of sulfonamides is 1. The Morgan fingerprint density at radius 3 is 2.35 bits per heavy atom. The van der Waals surface area contributed by atoms with Crippen LogP contribution in [0.15, 0.2) is 35.2 Å². The fourth-order valence-corrected chi connectivity index (χ4v) is 4.81. The largest absolute Gasteiger partial charge is 0.535 e. The maximum absolute atomic E-state index is 13.4. The van der Waals surface area contributed by atoms with Crippen LogP contribution in [-0.2, 0) is 24.2 Å². The van der Waals surface area contributed by atoms with Gasteiger partial charge in [-0.05, 0) is 32.4 Å². The van der Waals surface area contributed by atoms with Crippen LogP contribution in [0.2, 0.25) is 0 Å². The monoisotopic (exact) mass is 475 g/mol. The summed E-state index contributed by atoms with van der Waals surface area (Å²) >= 11 is 6.47. The Morgan fingerprint density at radius 2 is 1.81 bits per heavy atom. The number of carbonyl (C=O) groups is 1. The number of quaternary nitrogens is 1. The standard InChI is InChI=1S/C21H32ClN2O6S/c1-21(2,3)30-20(25)24(22)13-11-23(12-14-24)31(26,27)19(10-15-29-17-28-4)16-18-8-6-5-7-9-18/h5-9,16H,10-15,17H2,1-4H3/q+1/b19-16+. The van der Waals surface area contributed by atoms with Crippen molar-refractivity contribution in [1.29, 1.82) is 0 Å². The highest BCUT2D eigenvalue weighted by atomic mass is 35.5. The molecule has 0 spiro atoms. The molecule has 10 heteroatoms. The molecule has 0 unspecified atom stereocenters. The number of methoxy groups -OCH3 is 1. The van der Waals surface area contributed by atoms with Gasteiger partial charge >= 0.3 is 6.09 Å². The van der Waals surface area contributed by atoms with Crippen LogP contribution in [0, 0.1) is 0 Å². The minimum atomic E-state index is -3.77. The first-order valence-electron chi connectivity index (χ1n) is 10.1. The van der Waals surface area contributed by atoms with Gasteiger partial charge in [0, 0.05) is 13.5 Å². The summed E-state index contributed by atoms with van der Waals surface area (Å²) in [5, 5.41) is 0. The average Bonchev–Trinajstić information content (AvgIpc) is 2.70. The predicted molar refractivity (Wildman–Crippen MR) is 119 cm³/mol. The Balaban J connectivity index is 2.16. The van der Waals surface area contributed by atoms with Crippen molar-refractivity contribution in [3.8, 4) is 0 Å². The number of ether oxygens (including phenoxy) is 3. The Morgan fingerprint density at radius 1 is 1.19 bits per heavy atom. The van der Waals surface area contributed by atoms with Gasteiger partial charge < -0.3 is 14.2 Å². The van der Waals surface area contributed by atoms with Gasteiger partial charge in [0.05, 0.1) is 24.6 Å². The van der Waals surface area contributed by atoms with E-state index in [1.165, 1.54) is 11.4 Å². The smallest absolute Gasteiger partial charge is 0.413 e. The summed E-state index contributed by atoms with van der Waals surface area (Å²) in [7, 11) is -2.26. The molecule has 31 heavy (non-hydrogen) atoms. The van der Waals surface area contributed by atoms with Crippen LogP contribution in [0.25, 0.3) is 6.08 Å². The van der Waals surface area contributed by atoms with E-state index in [1.807, 2.05) is 30.3 Å². The number of rotatable bonds is 8. The molecule has 0 radical (unpaired) electrons. The van der Waals surface area contributed by atoms with Crippen LogP contribution in [0.3, 0.4) is 0 Å². The molecule has 1 aromatic carbocycles. The summed E-state index contributed by atoms with van der Waals surface area (Å²) in [6.07, 6.45) is 1.28. The van der Waals surface area contributed by atoms with Crippen LogP contribution in [0.4, 0.5) is 4.79 Å². The first-order chi connectivity index (χ1) is 14.5. The van der Waals surface area contributed by atoms with Crippen molar-refractivity contribution in [3.63, 3.8) is 0 Å². The van der Waals surface area contributed by atoms with Gasteiger partial charge in [-0.3, -0.25) is 0 Å². The molecule has 1 aliphatic heterocycles. The van der Waals surface area contributed by atoms with Gasteiger partial charge in [-0.15, -0.1) is 4.00 Å². The van der Waals surface area contributed by atoms with Crippen molar-refractivity contribution >= 4 is 34.0 Å². The lowest BCUT2D eigenvalue weighted by atomic mass is 10.2. The lowest BCUT2D eigenvalue weighted by molar-refractivity contribution is -0.746. The van der Waals surface area contributed by atoms with Crippen molar-refractivity contribution in [2.45, 2.75) is 32.8 Å². The Kier molecular flexibility index (Phi) is 9.05. The first kappa shape index (κ1) is 25.8. The lowest BCUT2D eigenvalue weighted by Crippen LogP contribution is -2.58. The highest BCUT2D eigenvalue weighted by Crippen LogP contribution is 2.27. The summed E-state index contributed by atoms with van der Waals surface area (Å²) in [5.41, 5.74) is 0.106. The summed E-state index contributed by atoms with van der Waals surface area (Å²) < 4.78 is 43.2. The molecule has 0 aromatic heterocycles. The normalized spacial score (nSPS) is 18.0. The zero-order valence-corrected chi connectivity index (χ0v) is 20.1. The molecule has 1 aromatic rings. The number of nitrogens with zero attached hydrogens (tertiary/aromatic N) is 2. The van der Waals surface area contributed by atoms with Crippen LogP contribution in [0.5, 0.6) is 0 Å². The molecule has 0 saturated carbocycles. The molecular formula is C21H32ClN2O6S+. The van der Waals surface area contributed by atoms with Gasteiger partial charge in [0.1, 0.15) is 25.5 Å². The molecule has 0 bridgehead atoms. The Bertz CT molecular complexity index is 860. The van der Waals surface area contributed by atoms with Crippen LogP contribution in [-0.4, -0.2) is 75.1 Å². The van der Waals surface area contributed by atoms with Crippen LogP contribution < -0.4 is 0 Å². The molecule has 0 aliphatic carbocycles. The highest BCUT2D eigenvalue weighted by Gasteiger charge is 2.46. The van der Waals surface area contributed by atoms with Crippen molar-refractivity contribution in [2.75, 3.05) is 46.7 Å². The van der Waals surface area contributed by atoms with Gasteiger partial charge in [-0.25, -0.2) is 8.42 Å². The SMILES string of the molecule is COCOCC/C(=C\c1ccccc1)S(=O)(=O)N1CC[N+](Cl)(C(=O)OC(C)(C)C)CC1. The van der Waals surface area contributed by atoms with Crippen molar-refractivity contribution in [2.24, 2.45) is 0 Å². The van der Waals surface area contributed by atoms with E-state index in [9.17, 15) is 13.2 Å². The summed E-state index contributed by atoms with van der Waals surface area (Å²) in [4.78, 5) is 12.7. The molecule has 0 atom stereocenters. The maximum atomic E-state index is 13.4. The number of carbonyl (C=O) groups excluding carboxylic acids is 1. The fourth-order valence-electron chi connectivity index (χ4n) is 3.02. The Labute approximate surface area is 190 Å². The molecule has 174 valence electrons. The molecule has 8 nitrogen and oxygen atoms in total. The number of hydrogen-bond donors (Lipinski definition) is 0. The summed E-state index contributed by atoms with van der Waals surface area (Å²) in [6, 6.07) is 9.24. The van der Waals surface area contributed by atoms with E-state index >= 15 is 0 Å². The van der Waals surface area contributed by atoms with E-state index in [0.29, 0.717) is 0 Å². The molecule has 0 N–H and O–H groups in total. The number of hydrogen-bond acceptors (Lipinski definition) is 6. The van der Waals surface area contributed by atoms with Crippen LogP contribution in [0.1, 0.15) is 32.8 Å². The van der Waals surface area contributed by atoms with E-state index in [0.717, 1.165) is 5.56 Å². The van der Waals surface area contributed by atoms with Crippen molar-refractivity contribution in [1.82, 2.24) is 4.31 Å². The first-order valence-corrected chi connectivity index (χ1v) is 11.9. The third-order valence-corrected chi connectivity index (χ3v) is 7.13. The quantitative estimate of drug-likeness (QED) is 0.324. The van der Waals surface area contributed by atoms with E-state index in [2.05, 4.69) is 0 Å². The minimum Gasteiger partial charge on any atom is -0.413 e. The number of benzene rings is 1. The third-order valence-electron chi connectivity index (χ3n) is 4.62. The lowest BCUT2D eigenvalue weighted by Gasteiger charge is -2.36. The number of amides is 1. The highest BCUT2D eigenvalue weighted by molar-refractivity contribution is 7.93. The van der Waals surface area contributed by atoms with Gasteiger partial charge in [-0.2, -0.15) is 9.10 Å². The molecule has 1 saturated heterocycles. The summed E-state index contributed by atoms with van der Waals surface area (Å²) in [5.74, 6) is 0. The topological polar surface area (TPSA) is 82.1 Å². The van der Waals surface area contributed by atoms with Gasteiger partial charge in [-0.1, -0.05) is 30.3 Å². The second-order valence-corrected chi connectivity index (χ2v) is 10.9. The summed E-state index contributed by atoms with van der Waals surface area (Å²) in [6.45, 7) is 6.04. The molecule has 1 aliphatic rings.